The summed E-state index contributed by atoms with van der Waals surface area (Å²) < 4.78 is 67.0. The van der Waals surface area contributed by atoms with Gasteiger partial charge in [-0.3, -0.25) is 4.79 Å². The Morgan fingerprint density at radius 3 is 2.26 bits per heavy atom. The van der Waals surface area contributed by atoms with E-state index < -0.39 is 27.8 Å². The highest BCUT2D eigenvalue weighted by molar-refractivity contribution is 7.90. The molecule has 1 aliphatic rings. The maximum atomic E-state index is 13.0. The fourth-order valence-corrected chi connectivity index (χ4v) is 3.40. The maximum Gasteiger partial charge on any atom is 0.442 e. The molecule has 144 valence electrons. The van der Waals surface area contributed by atoms with Crippen LogP contribution in [-0.2, 0) is 15.7 Å². The van der Waals surface area contributed by atoms with Crippen LogP contribution in [0.4, 0.5) is 13.2 Å². The Bertz CT molecular complexity index is 1000. The van der Waals surface area contributed by atoms with Gasteiger partial charge in [-0.1, -0.05) is 12.1 Å². The van der Waals surface area contributed by atoms with Crippen LogP contribution in [0, 0.1) is 0 Å². The number of halogens is 3. The van der Waals surface area contributed by atoms with E-state index >= 15 is 0 Å². The molecule has 0 fully saturated rings. The van der Waals surface area contributed by atoms with Crippen molar-refractivity contribution in [1.82, 2.24) is 14.3 Å². The SMILES string of the molecule is CC(C)n1cncc1C(=O)NS(=O)(=O)c1ccc(C2(C(F)(F)F)N=N2)cc1. The van der Waals surface area contributed by atoms with Crippen LogP contribution in [0.3, 0.4) is 0 Å². The van der Waals surface area contributed by atoms with Gasteiger partial charge >= 0.3 is 11.8 Å². The number of carbonyl (C=O) groups excluding carboxylic acids is 1. The first-order valence-electron chi connectivity index (χ1n) is 7.68. The number of amides is 1. The molecule has 1 N–H and O–H groups in total. The zero-order valence-corrected chi connectivity index (χ0v) is 14.9. The molecule has 0 unspecified atom stereocenters. The average molecular weight is 401 g/mol. The zero-order chi connectivity index (χ0) is 20.0. The molecule has 0 saturated heterocycles. The fourth-order valence-electron chi connectivity index (χ4n) is 2.43. The van der Waals surface area contributed by atoms with Gasteiger partial charge in [0.1, 0.15) is 5.69 Å². The third kappa shape index (κ3) is 3.31. The van der Waals surface area contributed by atoms with Crippen LogP contribution in [-0.4, -0.2) is 30.1 Å². The zero-order valence-electron chi connectivity index (χ0n) is 14.1. The van der Waals surface area contributed by atoms with Crippen molar-refractivity contribution in [2.75, 3.05) is 0 Å². The predicted molar refractivity (Wildman–Crippen MR) is 86.3 cm³/mol. The minimum absolute atomic E-state index is 0.0387. The first-order chi connectivity index (χ1) is 12.5. The van der Waals surface area contributed by atoms with Gasteiger partial charge < -0.3 is 4.57 Å². The monoisotopic (exact) mass is 401 g/mol. The number of nitrogens with one attached hydrogen (secondary N) is 1. The first kappa shape index (κ1) is 19.0. The van der Waals surface area contributed by atoms with E-state index in [1.54, 1.807) is 13.8 Å². The highest BCUT2D eigenvalue weighted by Crippen LogP contribution is 2.52. The molecule has 0 aliphatic carbocycles. The van der Waals surface area contributed by atoms with Crippen molar-refractivity contribution in [3.05, 3.63) is 48.0 Å². The molecule has 1 amide bonds. The van der Waals surface area contributed by atoms with Gasteiger partial charge in [-0.2, -0.15) is 13.2 Å². The lowest BCUT2D eigenvalue weighted by atomic mass is 10.0. The molecule has 1 aliphatic heterocycles. The molecule has 2 heterocycles. The number of alkyl halides is 3. The van der Waals surface area contributed by atoms with Gasteiger partial charge in [0.2, 0.25) is 0 Å². The van der Waals surface area contributed by atoms with E-state index in [2.05, 4.69) is 15.2 Å². The Morgan fingerprint density at radius 1 is 1.19 bits per heavy atom. The summed E-state index contributed by atoms with van der Waals surface area (Å²) >= 11 is 0. The van der Waals surface area contributed by atoms with Crippen LogP contribution >= 0.6 is 0 Å². The van der Waals surface area contributed by atoms with E-state index in [0.717, 1.165) is 24.3 Å². The van der Waals surface area contributed by atoms with Gasteiger partial charge in [-0.15, -0.1) is 10.2 Å². The van der Waals surface area contributed by atoms with Gasteiger partial charge in [0, 0.05) is 11.6 Å². The van der Waals surface area contributed by atoms with E-state index in [1.807, 2.05) is 4.72 Å². The summed E-state index contributed by atoms with van der Waals surface area (Å²) in [6.07, 6.45) is -2.10. The van der Waals surface area contributed by atoms with Gasteiger partial charge in [-0.25, -0.2) is 18.1 Å². The summed E-state index contributed by atoms with van der Waals surface area (Å²) in [5.74, 6) is -0.899. The topological polar surface area (TPSA) is 106 Å². The lowest BCUT2D eigenvalue weighted by Crippen LogP contribution is -2.32. The van der Waals surface area contributed by atoms with E-state index in [1.165, 1.54) is 17.1 Å². The quantitative estimate of drug-likeness (QED) is 0.831. The summed E-state index contributed by atoms with van der Waals surface area (Å²) in [6, 6.07) is 3.72. The summed E-state index contributed by atoms with van der Waals surface area (Å²) in [4.78, 5) is 15.7. The smallest absolute Gasteiger partial charge is 0.324 e. The molecule has 0 bridgehead atoms. The van der Waals surface area contributed by atoms with Crippen LogP contribution in [0.2, 0.25) is 0 Å². The van der Waals surface area contributed by atoms with Crippen LogP contribution in [0.15, 0.2) is 51.9 Å². The number of nitrogens with zero attached hydrogens (tertiary/aromatic N) is 4. The van der Waals surface area contributed by atoms with E-state index in [-0.39, 0.29) is 22.2 Å². The molecule has 0 saturated carbocycles. The number of hydrogen-bond donors (Lipinski definition) is 1. The summed E-state index contributed by atoms with van der Waals surface area (Å²) in [5, 5.41) is 6.09. The third-order valence-electron chi connectivity index (χ3n) is 3.94. The maximum absolute atomic E-state index is 13.0. The van der Waals surface area contributed by atoms with Gasteiger partial charge in [0.15, 0.2) is 0 Å². The molecule has 1 aromatic heterocycles. The molecule has 2 aromatic rings. The van der Waals surface area contributed by atoms with E-state index in [0.29, 0.717) is 0 Å². The third-order valence-corrected chi connectivity index (χ3v) is 5.29. The highest BCUT2D eigenvalue weighted by Gasteiger charge is 2.65. The van der Waals surface area contributed by atoms with E-state index in [4.69, 9.17) is 0 Å². The number of imidazole rings is 1. The average Bonchev–Trinajstić information content (AvgIpc) is 3.24. The van der Waals surface area contributed by atoms with Crippen molar-refractivity contribution in [2.45, 2.75) is 36.6 Å². The Morgan fingerprint density at radius 2 is 1.78 bits per heavy atom. The molecular formula is C15H14F3N5O3S. The van der Waals surface area contributed by atoms with Crippen LogP contribution in [0.1, 0.15) is 35.9 Å². The van der Waals surface area contributed by atoms with Gasteiger partial charge in [0.05, 0.1) is 17.4 Å². The summed E-state index contributed by atoms with van der Waals surface area (Å²) in [5.41, 5.74) is -2.91. The lowest BCUT2D eigenvalue weighted by molar-refractivity contribution is -0.166. The van der Waals surface area contributed by atoms with Crippen molar-refractivity contribution >= 4 is 15.9 Å². The number of carbonyl (C=O) groups is 1. The minimum Gasteiger partial charge on any atom is -0.324 e. The van der Waals surface area contributed by atoms with Crippen molar-refractivity contribution in [3.63, 3.8) is 0 Å². The van der Waals surface area contributed by atoms with Gasteiger partial charge in [-0.05, 0) is 26.0 Å². The largest absolute Gasteiger partial charge is 0.442 e. The molecule has 27 heavy (non-hydrogen) atoms. The predicted octanol–water partition coefficient (Wildman–Crippen LogP) is 2.76. The normalized spacial score (nSPS) is 15.8. The van der Waals surface area contributed by atoms with Gasteiger partial charge in [0.25, 0.3) is 15.9 Å². The summed E-state index contributed by atoms with van der Waals surface area (Å²) in [7, 11) is -4.29. The summed E-state index contributed by atoms with van der Waals surface area (Å²) in [6.45, 7) is 3.58. The standard InChI is InChI=1S/C15H14F3N5O3S/c1-9(2)23-8-19-7-12(23)13(24)20-27(25,26)11-5-3-10(4-6-11)14(21-22-14)15(16,17)18/h3-9H,1-2H3,(H,20,24). The molecule has 1 aromatic carbocycles. The second-order valence-corrected chi connectivity index (χ2v) is 7.79. The molecule has 0 spiro atoms. The molecular weight excluding hydrogens is 387 g/mol. The molecule has 12 heteroatoms. The van der Waals surface area contributed by atoms with Crippen LogP contribution in [0.5, 0.6) is 0 Å². The van der Waals surface area contributed by atoms with Crippen LogP contribution < -0.4 is 4.72 Å². The second kappa shape index (κ2) is 6.15. The fraction of sp³-hybridized carbons (Fsp3) is 0.333. The Balaban J connectivity index is 1.82. The number of aromatic nitrogens is 2. The number of hydrogen-bond acceptors (Lipinski definition) is 6. The number of benzene rings is 1. The van der Waals surface area contributed by atoms with Crippen LogP contribution in [0.25, 0.3) is 0 Å². The highest BCUT2D eigenvalue weighted by atomic mass is 32.2. The minimum atomic E-state index is -4.71. The molecule has 8 nitrogen and oxygen atoms in total. The Kier molecular flexibility index (Phi) is 4.33. The van der Waals surface area contributed by atoms with Crippen molar-refractivity contribution in [1.29, 1.82) is 0 Å². The van der Waals surface area contributed by atoms with Crippen molar-refractivity contribution in [2.24, 2.45) is 10.2 Å². The van der Waals surface area contributed by atoms with Crippen molar-refractivity contribution < 1.29 is 26.4 Å². The molecule has 0 radical (unpaired) electrons. The number of sulfonamides is 1. The lowest BCUT2D eigenvalue weighted by Gasteiger charge is -2.15. The number of rotatable bonds is 5. The van der Waals surface area contributed by atoms with Crippen molar-refractivity contribution in [3.8, 4) is 0 Å². The first-order valence-corrected chi connectivity index (χ1v) is 9.16. The van der Waals surface area contributed by atoms with E-state index in [9.17, 15) is 26.4 Å². The molecule has 0 atom stereocenters. The second-order valence-electron chi connectivity index (χ2n) is 6.11. The Labute approximate surface area is 152 Å². The Hall–Kier alpha value is -2.76. The molecule has 3 rings (SSSR count).